The summed E-state index contributed by atoms with van der Waals surface area (Å²) in [6.07, 6.45) is -1.66. The minimum atomic E-state index is -2.81. The molecule has 0 fully saturated rings. The van der Waals surface area contributed by atoms with E-state index in [1.807, 2.05) is 0 Å². The summed E-state index contributed by atoms with van der Waals surface area (Å²) in [5.41, 5.74) is -1.06. The van der Waals surface area contributed by atoms with Gasteiger partial charge in [0.05, 0.1) is 15.0 Å². The number of benzene rings is 1. The van der Waals surface area contributed by atoms with Gasteiger partial charge >= 0.3 is 5.69 Å². The van der Waals surface area contributed by atoms with Crippen molar-refractivity contribution < 1.29 is 18.5 Å². The molecule has 0 aliphatic carbocycles. The molecule has 0 bridgehead atoms. The maximum atomic E-state index is 12.8. The molecule has 2 rings (SSSR count). The van der Waals surface area contributed by atoms with Crippen LogP contribution in [0.3, 0.4) is 0 Å². The quantitative estimate of drug-likeness (QED) is 0.400. The third-order valence-corrected chi connectivity index (χ3v) is 4.42. The molecule has 1 aromatic heterocycles. The lowest BCUT2D eigenvalue weighted by atomic mass is 10.2. The Balaban J connectivity index is 2.61. The number of carbonyl (C=O) groups excluding carboxylic acids is 1. The highest BCUT2D eigenvalue weighted by molar-refractivity contribution is 6.38. The average Bonchev–Trinajstić information content (AvgIpc) is 2.96. The number of carbonyl (C=O) groups is 1. The molecule has 1 aromatic carbocycles. The Bertz CT molecular complexity index is 837. The Labute approximate surface area is 161 Å². The SMILES string of the molecule is CCC(Cl)C(=O)Nc1c([N+](=O)[O-])cnn1-c1c(Cl)cc(C(F)F)cc1Cl. The van der Waals surface area contributed by atoms with E-state index in [0.29, 0.717) is 0 Å². The Morgan fingerprint density at radius 1 is 1.38 bits per heavy atom. The number of nitrogens with one attached hydrogen (secondary N) is 1. The molecule has 0 saturated carbocycles. The summed E-state index contributed by atoms with van der Waals surface area (Å²) in [7, 11) is 0. The second-order valence-electron chi connectivity index (χ2n) is 5.05. The number of hydrogen-bond donors (Lipinski definition) is 1. The van der Waals surface area contributed by atoms with Crippen molar-refractivity contribution in [3.8, 4) is 5.69 Å². The Morgan fingerprint density at radius 3 is 2.42 bits per heavy atom. The van der Waals surface area contributed by atoms with Crippen LogP contribution in [-0.4, -0.2) is 26.0 Å². The van der Waals surface area contributed by atoms with E-state index >= 15 is 0 Å². The van der Waals surface area contributed by atoms with Gasteiger partial charge in [-0.3, -0.25) is 14.9 Å². The summed E-state index contributed by atoms with van der Waals surface area (Å²) in [5, 5.41) is 15.9. The monoisotopic (exact) mass is 426 g/mol. The molecule has 12 heteroatoms. The molecule has 1 N–H and O–H groups in total. The van der Waals surface area contributed by atoms with Crippen molar-refractivity contribution in [2.24, 2.45) is 0 Å². The summed E-state index contributed by atoms with van der Waals surface area (Å²) in [5.74, 6) is -1.04. The minimum Gasteiger partial charge on any atom is -0.304 e. The molecule has 1 unspecified atom stereocenters. The molecular formula is C14H11Cl3F2N4O3. The zero-order valence-corrected chi connectivity index (χ0v) is 15.3. The topological polar surface area (TPSA) is 90.1 Å². The second-order valence-corrected chi connectivity index (χ2v) is 6.39. The first kappa shape index (κ1) is 20.3. The predicted octanol–water partition coefficient (Wildman–Crippen LogP) is 4.98. The van der Waals surface area contributed by atoms with E-state index in [0.717, 1.165) is 23.0 Å². The van der Waals surface area contributed by atoms with E-state index in [9.17, 15) is 23.7 Å². The van der Waals surface area contributed by atoms with Gasteiger partial charge in [0.1, 0.15) is 17.3 Å². The van der Waals surface area contributed by atoms with Gasteiger partial charge in [0.25, 0.3) is 6.43 Å². The number of amides is 1. The standard InChI is InChI=1S/C14H11Cl3F2N4O3/c1-2-7(15)14(24)21-13-10(23(25)26)5-20-22(13)11-8(16)3-6(12(18)19)4-9(11)17/h3-5,7,12H,2H2,1H3,(H,21,24). The number of alkyl halides is 3. The van der Waals surface area contributed by atoms with Crippen molar-refractivity contribution in [3.05, 3.63) is 44.1 Å². The molecule has 0 saturated heterocycles. The van der Waals surface area contributed by atoms with E-state index in [4.69, 9.17) is 34.8 Å². The summed E-state index contributed by atoms with van der Waals surface area (Å²) in [4.78, 5) is 22.5. The fourth-order valence-electron chi connectivity index (χ4n) is 2.05. The fraction of sp³-hybridized carbons (Fsp3) is 0.286. The lowest BCUT2D eigenvalue weighted by Crippen LogP contribution is -2.24. The minimum absolute atomic E-state index is 0.0937. The molecule has 2 aromatic rings. The number of nitro groups is 1. The first-order valence-corrected chi connectivity index (χ1v) is 8.31. The van der Waals surface area contributed by atoms with Crippen molar-refractivity contribution in [1.29, 1.82) is 0 Å². The van der Waals surface area contributed by atoms with Gasteiger partial charge in [0.2, 0.25) is 11.7 Å². The summed E-state index contributed by atoms with van der Waals surface area (Å²) in [6, 6.07) is 1.92. The van der Waals surface area contributed by atoms with Crippen molar-refractivity contribution in [2.75, 3.05) is 5.32 Å². The van der Waals surface area contributed by atoms with Crippen LogP contribution in [0.2, 0.25) is 10.0 Å². The van der Waals surface area contributed by atoms with E-state index in [-0.39, 0.29) is 28.0 Å². The van der Waals surface area contributed by atoms with Crippen LogP contribution in [-0.2, 0) is 4.79 Å². The first-order chi connectivity index (χ1) is 12.2. The van der Waals surface area contributed by atoms with Gasteiger partial charge in [-0.25, -0.2) is 13.5 Å². The number of aromatic nitrogens is 2. The van der Waals surface area contributed by atoms with E-state index < -0.39 is 33.9 Å². The molecular weight excluding hydrogens is 417 g/mol. The lowest BCUT2D eigenvalue weighted by molar-refractivity contribution is -0.384. The molecule has 1 atom stereocenters. The van der Waals surface area contributed by atoms with Crippen LogP contribution in [0.15, 0.2) is 18.3 Å². The van der Waals surface area contributed by atoms with Crippen LogP contribution in [0.1, 0.15) is 25.3 Å². The van der Waals surface area contributed by atoms with Gasteiger partial charge in [0.15, 0.2) is 0 Å². The van der Waals surface area contributed by atoms with E-state index in [1.165, 1.54) is 0 Å². The summed E-state index contributed by atoms with van der Waals surface area (Å²) >= 11 is 17.9. The Kier molecular flexibility index (Phi) is 6.38. The average molecular weight is 428 g/mol. The smallest absolute Gasteiger partial charge is 0.304 e. The van der Waals surface area contributed by atoms with Gasteiger partial charge in [0, 0.05) is 5.56 Å². The number of hydrogen-bond acceptors (Lipinski definition) is 4. The molecule has 140 valence electrons. The van der Waals surface area contributed by atoms with Crippen LogP contribution >= 0.6 is 34.8 Å². The van der Waals surface area contributed by atoms with Crippen molar-refractivity contribution in [1.82, 2.24) is 9.78 Å². The second kappa shape index (κ2) is 8.15. The van der Waals surface area contributed by atoms with Gasteiger partial charge in [-0.1, -0.05) is 30.1 Å². The molecule has 0 spiro atoms. The number of rotatable bonds is 6. The van der Waals surface area contributed by atoms with E-state index in [2.05, 4.69) is 10.4 Å². The lowest BCUT2D eigenvalue weighted by Gasteiger charge is -2.14. The molecule has 26 heavy (non-hydrogen) atoms. The number of anilines is 1. The largest absolute Gasteiger partial charge is 0.331 e. The third kappa shape index (κ3) is 4.05. The third-order valence-electron chi connectivity index (χ3n) is 3.33. The molecule has 0 radical (unpaired) electrons. The highest BCUT2D eigenvalue weighted by Crippen LogP contribution is 2.37. The molecule has 0 aliphatic heterocycles. The van der Waals surface area contributed by atoms with E-state index in [1.54, 1.807) is 6.92 Å². The number of nitrogens with zero attached hydrogens (tertiary/aromatic N) is 3. The number of halogens is 5. The van der Waals surface area contributed by atoms with Crippen LogP contribution in [0.25, 0.3) is 5.69 Å². The molecule has 1 amide bonds. The van der Waals surface area contributed by atoms with Crippen molar-refractivity contribution >= 4 is 52.2 Å². The predicted molar refractivity (Wildman–Crippen MR) is 93.8 cm³/mol. The zero-order valence-electron chi connectivity index (χ0n) is 13.1. The maximum Gasteiger partial charge on any atom is 0.331 e. The highest BCUT2D eigenvalue weighted by Gasteiger charge is 2.28. The van der Waals surface area contributed by atoms with Crippen molar-refractivity contribution in [2.45, 2.75) is 25.1 Å². The summed E-state index contributed by atoms with van der Waals surface area (Å²) in [6.45, 7) is 1.65. The first-order valence-electron chi connectivity index (χ1n) is 7.12. The van der Waals surface area contributed by atoms with Gasteiger partial charge in [-0.05, 0) is 18.6 Å². The van der Waals surface area contributed by atoms with Crippen LogP contribution < -0.4 is 5.32 Å². The van der Waals surface area contributed by atoms with Crippen LogP contribution in [0, 0.1) is 10.1 Å². The zero-order chi connectivity index (χ0) is 19.6. The van der Waals surface area contributed by atoms with Gasteiger partial charge in [-0.15, -0.1) is 11.6 Å². The Hall–Kier alpha value is -1.97. The van der Waals surface area contributed by atoms with Gasteiger partial charge < -0.3 is 5.32 Å². The molecule has 0 aliphatic rings. The summed E-state index contributed by atoms with van der Waals surface area (Å²) < 4.78 is 26.6. The normalized spacial score (nSPS) is 12.3. The maximum absolute atomic E-state index is 12.8. The highest BCUT2D eigenvalue weighted by atomic mass is 35.5. The molecule has 7 nitrogen and oxygen atoms in total. The van der Waals surface area contributed by atoms with Gasteiger partial charge in [-0.2, -0.15) is 5.10 Å². The van der Waals surface area contributed by atoms with Crippen LogP contribution in [0.4, 0.5) is 20.3 Å². The molecule has 1 heterocycles. The van der Waals surface area contributed by atoms with Crippen molar-refractivity contribution in [3.63, 3.8) is 0 Å². The Morgan fingerprint density at radius 2 is 1.96 bits per heavy atom. The van der Waals surface area contributed by atoms with Crippen LogP contribution in [0.5, 0.6) is 0 Å². The fourth-order valence-corrected chi connectivity index (χ4v) is 2.77.